The number of nitrogens with one attached hydrogen (secondary N) is 1. The van der Waals surface area contributed by atoms with Gasteiger partial charge in [-0.15, -0.1) is 0 Å². The molecular formula is C11H9Cl2N3S. The van der Waals surface area contributed by atoms with E-state index in [4.69, 9.17) is 23.2 Å². The highest BCUT2D eigenvalue weighted by molar-refractivity contribution is 7.99. The fraction of sp³-hybridized carbons (Fsp3) is 0.0909. The fourth-order valence-electron chi connectivity index (χ4n) is 1.18. The molecule has 0 spiro atoms. The average Bonchev–Trinajstić information content (AvgIpc) is 2.34. The molecular weight excluding hydrogens is 277 g/mol. The third-order valence-electron chi connectivity index (χ3n) is 1.98. The second-order valence-corrected chi connectivity index (χ2v) is 5.08. The smallest absolute Gasteiger partial charge is 0.145 e. The molecule has 1 aromatic heterocycles. The Labute approximate surface area is 114 Å². The maximum absolute atomic E-state index is 5.94. The molecule has 0 atom stereocenters. The molecule has 0 saturated carbocycles. The normalized spacial score (nSPS) is 10.3. The maximum atomic E-state index is 5.94. The van der Waals surface area contributed by atoms with Crippen molar-refractivity contribution in [2.24, 2.45) is 0 Å². The van der Waals surface area contributed by atoms with E-state index in [1.807, 2.05) is 12.1 Å². The van der Waals surface area contributed by atoms with Gasteiger partial charge in [0.1, 0.15) is 10.8 Å². The van der Waals surface area contributed by atoms with Gasteiger partial charge in [0.15, 0.2) is 0 Å². The van der Waals surface area contributed by atoms with Crippen LogP contribution >= 0.6 is 35.0 Å². The summed E-state index contributed by atoms with van der Waals surface area (Å²) in [5.41, 5.74) is 0. The van der Waals surface area contributed by atoms with Gasteiger partial charge in [0.05, 0.1) is 22.4 Å². The molecule has 1 aromatic carbocycles. The number of rotatable bonds is 3. The summed E-state index contributed by atoms with van der Waals surface area (Å²) in [6.07, 6.45) is 3.37. The van der Waals surface area contributed by atoms with E-state index in [2.05, 4.69) is 15.3 Å². The first-order valence-electron chi connectivity index (χ1n) is 4.82. The van der Waals surface area contributed by atoms with Crippen molar-refractivity contribution in [1.82, 2.24) is 9.97 Å². The Bertz CT molecular complexity index is 534. The molecule has 0 saturated heterocycles. The molecule has 0 fully saturated rings. The van der Waals surface area contributed by atoms with Crippen LogP contribution in [0.4, 0.5) is 5.82 Å². The minimum absolute atomic E-state index is 0.536. The summed E-state index contributed by atoms with van der Waals surface area (Å²) in [7, 11) is 1.80. The highest BCUT2D eigenvalue weighted by Gasteiger charge is 2.03. The van der Waals surface area contributed by atoms with Crippen LogP contribution in [0, 0.1) is 0 Å². The summed E-state index contributed by atoms with van der Waals surface area (Å²) in [6.45, 7) is 0. The van der Waals surface area contributed by atoms with Gasteiger partial charge in [0.25, 0.3) is 0 Å². The van der Waals surface area contributed by atoms with Crippen LogP contribution in [0.5, 0.6) is 0 Å². The van der Waals surface area contributed by atoms with Gasteiger partial charge < -0.3 is 5.32 Å². The van der Waals surface area contributed by atoms with Crippen molar-refractivity contribution < 1.29 is 0 Å². The second kappa shape index (κ2) is 5.58. The first-order valence-corrected chi connectivity index (χ1v) is 6.39. The molecule has 0 aliphatic rings. The number of anilines is 1. The molecule has 3 nitrogen and oxygen atoms in total. The molecule has 0 aliphatic carbocycles. The summed E-state index contributed by atoms with van der Waals surface area (Å²) in [4.78, 5) is 9.41. The van der Waals surface area contributed by atoms with E-state index in [-0.39, 0.29) is 0 Å². The number of benzene rings is 1. The van der Waals surface area contributed by atoms with E-state index in [0.717, 1.165) is 15.7 Å². The van der Waals surface area contributed by atoms with Gasteiger partial charge in [-0.2, -0.15) is 0 Å². The van der Waals surface area contributed by atoms with Crippen molar-refractivity contribution in [3.63, 3.8) is 0 Å². The Balaban J connectivity index is 2.22. The number of nitrogens with zero attached hydrogens (tertiary/aromatic N) is 2. The predicted octanol–water partition coefficient (Wildman–Crippen LogP) is 3.98. The van der Waals surface area contributed by atoms with Gasteiger partial charge >= 0.3 is 0 Å². The van der Waals surface area contributed by atoms with Gasteiger partial charge in [-0.05, 0) is 18.2 Å². The van der Waals surface area contributed by atoms with Crippen LogP contribution in [0.15, 0.2) is 40.5 Å². The molecule has 2 aromatic rings. The third kappa shape index (κ3) is 3.25. The van der Waals surface area contributed by atoms with E-state index < -0.39 is 0 Å². The first-order chi connectivity index (χ1) is 8.19. The van der Waals surface area contributed by atoms with E-state index >= 15 is 0 Å². The second-order valence-electron chi connectivity index (χ2n) is 3.17. The predicted molar refractivity (Wildman–Crippen MR) is 72.2 cm³/mol. The van der Waals surface area contributed by atoms with Crippen molar-refractivity contribution in [2.75, 3.05) is 12.4 Å². The largest absolute Gasteiger partial charge is 0.372 e. The lowest BCUT2D eigenvalue weighted by Crippen LogP contribution is -1.93. The van der Waals surface area contributed by atoms with E-state index in [1.165, 1.54) is 11.8 Å². The topological polar surface area (TPSA) is 37.8 Å². The molecule has 88 valence electrons. The molecule has 2 rings (SSSR count). The fourth-order valence-corrected chi connectivity index (χ4v) is 2.35. The molecule has 1 N–H and O–H groups in total. The molecule has 17 heavy (non-hydrogen) atoms. The van der Waals surface area contributed by atoms with Crippen LogP contribution in [0.1, 0.15) is 0 Å². The zero-order chi connectivity index (χ0) is 12.3. The van der Waals surface area contributed by atoms with Crippen molar-refractivity contribution in [1.29, 1.82) is 0 Å². The zero-order valence-electron chi connectivity index (χ0n) is 8.95. The van der Waals surface area contributed by atoms with Crippen molar-refractivity contribution >= 4 is 40.8 Å². The quantitative estimate of drug-likeness (QED) is 0.926. The highest BCUT2D eigenvalue weighted by atomic mass is 35.5. The van der Waals surface area contributed by atoms with Gasteiger partial charge in [-0.1, -0.05) is 35.0 Å². The van der Waals surface area contributed by atoms with Crippen molar-refractivity contribution in [3.05, 3.63) is 40.6 Å². The van der Waals surface area contributed by atoms with Crippen LogP contribution in [0.25, 0.3) is 0 Å². The molecule has 6 heteroatoms. The monoisotopic (exact) mass is 285 g/mol. The van der Waals surface area contributed by atoms with E-state index in [9.17, 15) is 0 Å². The lowest BCUT2D eigenvalue weighted by molar-refractivity contribution is 1.05. The summed E-state index contributed by atoms with van der Waals surface area (Å²) in [5.74, 6) is 0.732. The molecule has 0 amide bonds. The summed E-state index contributed by atoms with van der Waals surface area (Å²) < 4.78 is 0. The molecule has 0 bridgehead atoms. The number of hydrogen-bond donors (Lipinski definition) is 1. The minimum atomic E-state index is 0.536. The Hall–Kier alpha value is -0.970. The molecule has 0 unspecified atom stereocenters. The summed E-state index contributed by atoms with van der Waals surface area (Å²) in [5, 5.41) is 4.82. The van der Waals surface area contributed by atoms with Crippen LogP contribution in [0.3, 0.4) is 0 Å². The van der Waals surface area contributed by atoms with Gasteiger partial charge in [0.2, 0.25) is 0 Å². The number of aromatic nitrogens is 2. The Morgan fingerprint density at radius 2 is 2.00 bits per heavy atom. The third-order valence-corrected chi connectivity index (χ3v) is 3.62. The lowest BCUT2D eigenvalue weighted by atomic mass is 10.4. The van der Waals surface area contributed by atoms with E-state index in [0.29, 0.717) is 10.0 Å². The molecule has 0 radical (unpaired) electrons. The lowest BCUT2D eigenvalue weighted by Gasteiger charge is -2.04. The van der Waals surface area contributed by atoms with E-state index in [1.54, 1.807) is 25.5 Å². The Morgan fingerprint density at radius 1 is 1.18 bits per heavy atom. The Morgan fingerprint density at radius 3 is 2.71 bits per heavy atom. The zero-order valence-corrected chi connectivity index (χ0v) is 11.3. The number of halogens is 2. The van der Waals surface area contributed by atoms with Gasteiger partial charge in [-0.25, -0.2) is 4.98 Å². The van der Waals surface area contributed by atoms with Crippen LogP contribution in [0.2, 0.25) is 10.0 Å². The molecule has 0 aliphatic heterocycles. The van der Waals surface area contributed by atoms with Gasteiger partial charge in [0, 0.05) is 11.9 Å². The molecule has 1 heterocycles. The SMILES string of the molecule is CNc1cncc(Sc2ccc(Cl)c(Cl)c2)n1. The standard InChI is InChI=1S/C11H9Cl2N3S/c1-14-10-5-15-6-11(16-10)17-7-2-3-8(12)9(13)4-7/h2-6H,1H3,(H,14,16). The van der Waals surface area contributed by atoms with Crippen LogP contribution in [-0.4, -0.2) is 17.0 Å². The van der Waals surface area contributed by atoms with Gasteiger partial charge in [-0.3, -0.25) is 4.98 Å². The average molecular weight is 286 g/mol. The Kier molecular flexibility index (Phi) is 4.10. The van der Waals surface area contributed by atoms with Crippen molar-refractivity contribution in [3.8, 4) is 0 Å². The maximum Gasteiger partial charge on any atom is 0.145 e. The summed E-state index contributed by atoms with van der Waals surface area (Å²) in [6, 6.07) is 5.47. The van der Waals surface area contributed by atoms with Crippen LogP contribution < -0.4 is 5.32 Å². The highest BCUT2D eigenvalue weighted by Crippen LogP contribution is 2.31. The first kappa shape index (κ1) is 12.5. The number of hydrogen-bond acceptors (Lipinski definition) is 4. The van der Waals surface area contributed by atoms with Crippen molar-refractivity contribution in [2.45, 2.75) is 9.92 Å². The van der Waals surface area contributed by atoms with Crippen LogP contribution in [-0.2, 0) is 0 Å². The summed E-state index contributed by atoms with van der Waals surface area (Å²) >= 11 is 13.3. The minimum Gasteiger partial charge on any atom is -0.372 e.